The SMILES string of the molecule is CC(C)(NC(=O)O)C1C[C@@H](CO[Si](c2ccccc2)(c2ccccc2)C(C)(C)C)N(Cc2ccccc2)C1. The molecule has 0 spiro atoms. The number of rotatable bonds is 9. The number of likely N-dealkylation sites (tertiary alicyclic amines) is 1. The smallest absolute Gasteiger partial charge is 0.405 e. The molecule has 1 unspecified atom stereocenters. The molecule has 2 N–H and O–H groups in total. The van der Waals surface area contributed by atoms with Crippen LogP contribution in [0.2, 0.25) is 5.04 Å². The van der Waals surface area contributed by atoms with Gasteiger partial charge in [-0.05, 0) is 47.2 Å². The van der Waals surface area contributed by atoms with E-state index in [4.69, 9.17) is 4.43 Å². The number of nitrogens with zero attached hydrogens (tertiary/aromatic N) is 1. The molecule has 5 nitrogen and oxygen atoms in total. The van der Waals surface area contributed by atoms with E-state index in [0.717, 1.165) is 19.5 Å². The molecular formula is C32H42N2O3Si. The maximum Gasteiger partial charge on any atom is 0.405 e. The van der Waals surface area contributed by atoms with Gasteiger partial charge in [-0.25, -0.2) is 4.79 Å². The van der Waals surface area contributed by atoms with Gasteiger partial charge in [0, 0.05) is 24.7 Å². The fraction of sp³-hybridized carbons (Fsp3) is 0.406. The van der Waals surface area contributed by atoms with Crippen molar-refractivity contribution in [3.05, 3.63) is 96.6 Å². The average Bonchev–Trinajstić information content (AvgIpc) is 3.28. The Labute approximate surface area is 229 Å². The van der Waals surface area contributed by atoms with E-state index in [1.165, 1.54) is 15.9 Å². The van der Waals surface area contributed by atoms with E-state index < -0.39 is 19.9 Å². The number of carboxylic acid groups (broad SMARTS) is 1. The molecule has 202 valence electrons. The second kappa shape index (κ2) is 11.4. The first-order valence-corrected chi connectivity index (χ1v) is 15.5. The van der Waals surface area contributed by atoms with E-state index in [1.54, 1.807) is 0 Å². The first kappa shape index (κ1) is 28.1. The summed E-state index contributed by atoms with van der Waals surface area (Å²) >= 11 is 0. The first-order valence-electron chi connectivity index (χ1n) is 13.6. The van der Waals surface area contributed by atoms with Crippen molar-refractivity contribution in [1.29, 1.82) is 0 Å². The summed E-state index contributed by atoms with van der Waals surface area (Å²) < 4.78 is 7.32. The normalized spacial score (nSPS) is 18.9. The van der Waals surface area contributed by atoms with Gasteiger partial charge in [0.15, 0.2) is 0 Å². The van der Waals surface area contributed by atoms with Crippen molar-refractivity contribution in [3.63, 3.8) is 0 Å². The minimum Gasteiger partial charge on any atom is -0.465 e. The highest BCUT2D eigenvalue weighted by atomic mass is 28.4. The molecule has 3 aromatic carbocycles. The molecule has 0 aliphatic carbocycles. The van der Waals surface area contributed by atoms with Crippen LogP contribution in [0.15, 0.2) is 91.0 Å². The summed E-state index contributed by atoms with van der Waals surface area (Å²) in [4.78, 5) is 14.1. The van der Waals surface area contributed by atoms with Crippen LogP contribution in [-0.4, -0.2) is 49.1 Å². The molecule has 0 aromatic heterocycles. The van der Waals surface area contributed by atoms with Gasteiger partial charge >= 0.3 is 6.09 Å². The minimum absolute atomic E-state index is 0.0951. The summed E-state index contributed by atoms with van der Waals surface area (Å²) in [6, 6.07) is 32.2. The van der Waals surface area contributed by atoms with Crippen molar-refractivity contribution < 1.29 is 14.3 Å². The molecule has 1 heterocycles. The largest absolute Gasteiger partial charge is 0.465 e. The number of amides is 1. The van der Waals surface area contributed by atoms with E-state index in [0.29, 0.717) is 6.61 Å². The summed E-state index contributed by atoms with van der Waals surface area (Å²) in [6.45, 7) is 13.1. The highest BCUT2D eigenvalue weighted by Gasteiger charge is 2.51. The predicted molar refractivity (Wildman–Crippen MR) is 158 cm³/mol. The average molecular weight is 531 g/mol. The third kappa shape index (κ3) is 6.03. The molecule has 1 saturated heterocycles. The van der Waals surface area contributed by atoms with Crippen LogP contribution in [0.4, 0.5) is 4.79 Å². The molecule has 0 radical (unpaired) electrons. The lowest BCUT2D eigenvalue weighted by Gasteiger charge is -2.44. The van der Waals surface area contributed by atoms with Gasteiger partial charge in [-0.15, -0.1) is 0 Å². The van der Waals surface area contributed by atoms with E-state index >= 15 is 0 Å². The van der Waals surface area contributed by atoms with Crippen molar-refractivity contribution in [1.82, 2.24) is 10.2 Å². The van der Waals surface area contributed by atoms with Crippen LogP contribution in [0.3, 0.4) is 0 Å². The lowest BCUT2D eigenvalue weighted by Crippen LogP contribution is -2.67. The summed E-state index contributed by atoms with van der Waals surface area (Å²) in [5.41, 5.74) is 0.722. The van der Waals surface area contributed by atoms with Crippen LogP contribution < -0.4 is 15.7 Å². The van der Waals surface area contributed by atoms with Crippen molar-refractivity contribution in [2.45, 2.75) is 64.2 Å². The van der Waals surface area contributed by atoms with E-state index in [2.05, 4.69) is 116 Å². The quantitative estimate of drug-likeness (QED) is 0.359. The van der Waals surface area contributed by atoms with Gasteiger partial charge in [-0.2, -0.15) is 0 Å². The Kier molecular flexibility index (Phi) is 8.45. The Morgan fingerprint density at radius 2 is 1.39 bits per heavy atom. The highest BCUT2D eigenvalue weighted by Crippen LogP contribution is 2.39. The van der Waals surface area contributed by atoms with Gasteiger partial charge in [0.25, 0.3) is 8.32 Å². The van der Waals surface area contributed by atoms with Crippen LogP contribution >= 0.6 is 0 Å². The van der Waals surface area contributed by atoms with Gasteiger partial charge < -0.3 is 14.8 Å². The van der Waals surface area contributed by atoms with Gasteiger partial charge in [0.2, 0.25) is 0 Å². The van der Waals surface area contributed by atoms with E-state index in [1.807, 2.05) is 19.9 Å². The van der Waals surface area contributed by atoms with Gasteiger partial charge in [0.05, 0.1) is 6.61 Å². The van der Waals surface area contributed by atoms with Crippen LogP contribution in [0, 0.1) is 5.92 Å². The zero-order valence-corrected chi connectivity index (χ0v) is 24.4. The molecule has 1 amide bonds. The molecule has 1 fully saturated rings. The molecule has 1 aliphatic rings. The van der Waals surface area contributed by atoms with Gasteiger partial charge in [-0.1, -0.05) is 112 Å². The monoisotopic (exact) mass is 530 g/mol. The molecule has 1 aliphatic heterocycles. The molecular weight excluding hydrogens is 488 g/mol. The minimum atomic E-state index is -2.67. The Balaban J connectivity index is 1.69. The topological polar surface area (TPSA) is 61.8 Å². The van der Waals surface area contributed by atoms with Gasteiger partial charge in [0.1, 0.15) is 0 Å². The summed E-state index contributed by atoms with van der Waals surface area (Å²) in [7, 11) is -2.67. The van der Waals surface area contributed by atoms with Crippen LogP contribution in [-0.2, 0) is 11.0 Å². The molecule has 6 heteroatoms. The van der Waals surface area contributed by atoms with Crippen LogP contribution in [0.25, 0.3) is 0 Å². The van der Waals surface area contributed by atoms with E-state index in [-0.39, 0.29) is 17.0 Å². The summed E-state index contributed by atoms with van der Waals surface area (Å²) in [5.74, 6) is 0.176. The third-order valence-corrected chi connectivity index (χ3v) is 13.1. The van der Waals surface area contributed by atoms with Gasteiger partial charge in [-0.3, -0.25) is 4.90 Å². The summed E-state index contributed by atoms with van der Waals surface area (Å²) in [6.07, 6.45) is -0.102. The standard InChI is InChI=1S/C32H42N2O3Si/c1-31(2,3)38(28-17-11-7-12-18-28,29-19-13-8-14-20-29)37-24-27-21-26(32(4,5)33-30(35)36)23-34(27)22-25-15-9-6-10-16-25/h6-20,26-27,33H,21-24H2,1-5H3,(H,35,36)/t26?,27-/m0/s1. The number of nitrogens with one attached hydrogen (secondary N) is 1. The molecule has 0 bridgehead atoms. The number of carbonyl (C=O) groups is 1. The second-order valence-corrected chi connectivity index (χ2v) is 16.4. The molecule has 2 atom stereocenters. The Bertz CT molecular complexity index is 1140. The number of hydrogen-bond donors (Lipinski definition) is 2. The highest BCUT2D eigenvalue weighted by molar-refractivity contribution is 6.99. The zero-order chi connectivity index (χ0) is 27.4. The lowest BCUT2D eigenvalue weighted by molar-refractivity contribution is 0.157. The molecule has 38 heavy (non-hydrogen) atoms. The maximum atomic E-state index is 11.6. The fourth-order valence-corrected chi connectivity index (χ4v) is 10.7. The fourth-order valence-electron chi connectivity index (χ4n) is 6.05. The maximum absolute atomic E-state index is 11.6. The van der Waals surface area contributed by atoms with Crippen molar-refractivity contribution in [2.24, 2.45) is 5.92 Å². The Morgan fingerprint density at radius 3 is 1.87 bits per heavy atom. The number of benzene rings is 3. The Hall–Kier alpha value is -2.93. The predicted octanol–water partition coefficient (Wildman–Crippen LogP) is 5.50. The second-order valence-electron chi connectivity index (χ2n) is 12.1. The third-order valence-electron chi connectivity index (χ3n) is 8.12. The molecule has 4 rings (SSSR count). The van der Waals surface area contributed by atoms with Crippen molar-refractivity contribution in [2.75, 3.05) is 13.2 Å². The van der Waals surface area contributed by atoms with Crippen molar-refractivity contribution in [3.8, 4) is 0 Å². The Morgan fingerprint density at radius 1 is 0.895 bits per heavy atom. The zero-order valence-electron chi connectivity index (χ0n) is 23.4. The molecule has 0 saturated carbocycles. The number of hydrogen-bond acceptors (Lipinski definition) is 3. The van der Waals surface area contributed by atoms with Crippen LogP contribution in [0.5, 0.6) is 0 Å². The van der Waals surface area contributed by atoms with Crippen LogP contribution in [0.1, 0.15) is 46.6 Å². The lowest BCUT2D eigenvalue weighted by atomic mass is 9.85. The van der Waals surface area contributed by atoms with E-state index in [9.17, 15) is 9.90 Å². The van der Waals surface area contributed by atoms with Crippen molar-refractivity contribution >= 4 is 24.8 Å². The summed E-state index contributed by atoms with van der Waals surface area (Å²) in [5, 5.41) is 14.7. The molecule has 3 aromatic rings. The first-order chi connectivity index (χ1) is 18.0.